The lowest BCUT2D eigenvalue weighted by Crippen LogP contribution is -2.26. The van der Waals surface area contributed by atoms with Crippen molar-refractivity contribution in [2.45, 2.75) is 39.7 Å². The quantitative estimate of drug-likeness (QED) is 0.647. The first-order valence-corrected chi connectivity index (χ1v) is 11.0. The molecule has 1 aromatic heterocycles. The fraction of sp³-hybridized carbons (Fsp3) is 0.421. The molecule has 2 N–H and O–H groups in total. The van der Waals surface area contributed by atoms with E-state index in [1.807, 2.05) is 12.1 Å². The molecule has 0 radical (unpaired) electrons. The predicted molar refractivity (Wildman–Crippen MR) is 105 cm³/mol. The second-order valence-corrected chi connectivity index (χ2v) is 9.92. The molecule has 0 aliphatic heterocycles. The second-order valence-electron chi connectivity index (χ2n) is 6.74. The molecule has 1 heterocycles. The number of carbonyl (C=O) groups is 1. The Morgan fingerprint density at radius 3 is 2.31 bits per heavy atom. The molecule has 0 aliphatic rings. The van der Waals surface area contributed by atoms with Gasteiger partial charge in [0.15, 0.2) is 0 Å². The maximum Gasteiger partial charge on any atom is 0.308 e. The lowest BCUT2D eigenvalue weighted by Gasteiger charge is -2.08. The molecule has 7 heteroatoms. The van der Waals surface area contributed by atoms with Gasteiger partial charge in [-0.2, -0.15) is 0 Å². The Kier molecular flexibility index (Phi) is 7.37. The Balaban J connectivity index is 1.82. The zero-order valence-electron chi connectivity index (χ0n) is 15.1. The average Bonchev–Trinajstić information content (AvgIpc) is 2.99. The zero-order valence-corrected chi connectivity index (χ0v) is 16.7. The van der Waals surface area contributed by atoms with Crippen molar-refractivity contribution in [3.63, 3.8) is 0 Å². The van der Waals surface area contributed by atoms with E-state index in [1.165, 1.54) is 16.9 Å². The SMILES string of the molecule is CC(C)Cc1ccc(CCS(=O)(=O)NCc2ccc(CC(=O)O)s2)cc1. The van der Waals surface area contributed by atoms with E-state index in [0.717, 1.165) is 16.9 Å². The van der Waals surface area contributed by atoms with Crippen molar-refractivity contribution in [3.05, 3.63) is 57.3 Å². The third-order valence-electron chi connectivity index (χ3n) is 3.84. The summed E-state index contributed by atoms with van der Waals surface area (Å²) in [5.74, 6) is -0.263. The Morgan fingerprint density at radius 1 is 1.08 bits per heavy atom. The van der Waals surface area contributed by atoms with Crippen molar-refractivity contribution in [2.24, 2.45) is 5.92 Å². The molecule has 0 atom stereocenters. The van der Waals surface area contributed by atoms with Gasteiger partial charge in [-0.05, 0) is 42.0 Å². The maximum absolute atomic E-state index is 12.2. The van der Waals surface area contributed by atoms with Crippen LogP contribution in [0.5, 0.6) is 0 Å². The Bertz CT molecular complexity index is 823. The zero-order chi connectivity index (χ0) is 19.2. The van der Waals surface area contributed by atoms with Gasteiger partial charge in [-0.3, -0.25) is 4.79 Å². The third kappa shape index (κ3) is 7.27. The van der Waals surface area contributed by atoms with E-state index in [1.54, 1.807) is 12.1 Å². The van der Waals surface area contributed by atoms with E-state index in [4.69, 9.17) is 5.11 Å². The lowest BCUT2D eigenvalue weighted by molar-refractivity contribution is -0.136. The maximum atomic E-state index is 12.2. The van der Waals surface area contributed by atoms with Gasteiger partial charge < -0.3 is 5.11 Å². The monoisotopic (exact) mass is 395 g/mol. The summed E-state index contributed by atoms with van der Waals surface area (Å²) >= 11 is 1.31. The van der Waals surface area contributed by atoms with Crippen molar-refractivity contribution >= 4 is 27.3 Å². The van der Waals surface area contributed by atoms with Crippen LogP contribution in [0.2, 0.25) is 0 Å². The van der Waals surface area contributed by atoms with Gasteiger partial charge in [-0.25, -0.2) is 13.1 Å². The normalized spacial score (nSPS) is 11.8. The molecule has 142 valence electrons. The number of nitrogens with one attached hydrogen (secondary N) is 1. The number of benzene rings is 1. The Morgan fingerprint density at radius 2 is 1.69 bits per heavy atom. The van der Waals surface area contributed by atoms with E-state index < -0.39 is 16.0 Å². The highest BCUT2D eigenvalue weighted by Crippen LogP contribution is 2.17. The molecule has 0 unspecified atom stereocenters. The minimum Gasteiger partial charge on any atom is -0.481 e. The predicted octanol–water partition coefficient (Wildman–Crippen LogP) is 3.24. The summed E-state index contributed by atoms with van der Waals surface area (Å²) < 4.78 is 26.9. The van der Waals surface area contributed by atoms with Crippen LogP contribution in [0.1, 0.15) is 34.7 Å². The lowest BCUT2D eigenvalue weighted by atomic mass is 10.0. The van der Waals surface area contributed by atoms with Crippen LogP contribution < -0.4 is 4.72 Å². The van der Waals surface area contributed by atoms with Crippen molar-refractivity contribution < 1.29 is 18.3 Å². The Hall–Kier alpha value is -1.70. The number of carboxylic acids is 1. The van der Waals surface area contributed by atoms with Crippen LogP contribution in [0.15, 0.2) is 36.4 Å². The molecular formula is C19H25NO4S2. The van der Waals surface area contributed by atoms with Crippen LogP contribution in [0.3, 0.4) is 0 Å². The molecule has 1 aromatic carbocycles. The van der Waals surface area contributed by atoms with Crippen LogP contribution >= 0.6 is 11.3 Å². The highest BCUT2D eigenvalue weighted by Gasteiger charge is 2.12. The highest BCUT2D eigenvalue weighted by atomic mass is 32.2. The van der Waals surface area contributed by atoms with Crippen molar-refractivity contribution in [3.8, 4) is 0 Å². The molecule has 5 nitrogen and oxygen atoms in total. The molecule has 0 amide bonds. The number of rotatable bonds is 10. The van der Waals surface area contributed by atoms with Crippen molar-refractivity contribution in [1.29, 1.82) is 0 Å². The first-order valence-electron chi connectivity index (χ1n) is 8.58. The van der Waals surface area contributed by atoms with E-state index in [0.29, 0.717) is 17.2 Å². The molecule has 2 aromatic rings. The van der Waals surface area contributed by atoms with E-state index in [9.17, 15) is 13.2 Å². The van der Waals surface area contributed by atoms with Gasteiger partial charge in [0.25, 0.3) is 0 Å². The Labute approximate surface area is 159 Å². The number of carboxylic acid groups (broad SMARTS) is 1. The largest absolute Gasteiger partial charge is 0.481 e. The number of thiophene rings is 1. The van der Waals surface area contributed by atoms with Gasteiger partial charge in [0.05, 0.1) is 12.2 Å². The molecule has 0 aliphatic carbocycles. The number of hydrogen-bond donors (Lipinski definition) is 2. The van der Waals surface area contributed by atoms with Crippen LogP contribution in [-0.4, -0.2) is 25.2 Å². The summed E-state index contributed by atoms with van der Waals surface area (Å²) in [6, 6.07) is 11.6. The highest BCUT2D eigenvalue weighted by molar-refractivity contribution is 7.89. The van der Waals surface area contributed by atoms with Gasteiger partial charge in [0.1, 0.15) is 0 Å². The minimum absolute atomic E-state index is 0.0316. The summed E-state index contributed by atoms with van der Waals surface area (Å²) in [6.07, 6.45) is 1.45. The van der Waals surface area contributed by atoms with Gasteiger partial charge in [-0.15, -0.1) is 11.3 Å². The van der Waals surface area contributed by atoms with Gasteiger partial charge in [0.2, 0.25) is 10.0 Å². The van der Waals surface area contributed by atoms with Crippen LogP contribution in [0.4, 0.5) is 0 Å². The van der Waals surface area contributed by atoms with Crippen LogP contribution in [0.25, 0.3) is 0 Å². The molecule has 0 spiro atoms. The first kappa shape index (κ1) is 20.6. The fourth-order valence-electron chi connectivity index (χ4n) is 2.58. The molecule has 2 rings (SSSR count). The molecular weight excluding hydrogens is 370 g/mol. The molecule has 0 bridgehead atoms. The van der Waals surface area contributed by atoms with Gasteiger partial charge in [0, 0.05) is 16.3 Å². The number of sulfonamides is 1. The van der Waals surface area contributed by atoms with E-state index in [-0.39, 0.29) is 18.7 Å². The standard InChI is InChI=1S/C19H25NO4S2/c1-14(2)11-16-5-3-15(4-6-16)9-10-26(23,24)20-13-18-8-7-17(25-18)12-19(21)22/h3-8,14,20H,9-13H2,1-2H3,(H,21,22). The first-order chi connectivity index (χ1) is 12.2. The van der Waals surface area contributed by atoms with Crippen LogP contribution in [0, 0.1) is 5.92 Å². The van der Waals surface area contributed by atoms with E-state index in [2.05, 4.69) is 30.7 Å². The third-order valence-corrected chi connectivity index (χ3v) is 6.25. The summed E-state index contributed by atoms with van der Waals surface area (Å²) in [7, 11) is -3.38. The molecule has 0 fully saturated rings. The number of aliphatic carboxylic acids is 1. The topological polar surface area (TPSA) is 83.5 Å². The van der Waals surface area contributed by atoms with Gasteiger partial charge >= 0.3 is 5.97 Å². The summed E-state index contributed by atoms with van der Waals surface area (Å²) in [6.45, 7) is 4.54. The summed E-state index contributed by atoms with van der Waals surface area (Å²) in [5, 5.41) is 8.77. The molecule has 0 saturated carbocycles. The average molecular weight is 396 g/mol. The summed E-state index contributed by atoms with van der Waals surface area (Å²) in [5.41, 5.74) is 2.27. The van der Waals surface area contributed by atoms with Crippen molar-refractivity contribution in [2.75, 3.05) is 5.75 Å². The van der Waals surface area contributed by atoms with Crippen molar-refractivity contribution in [1.82, 2.24) is 4.72 Å². The van der Waals surface area contributed by atoms with Crippen LogP contribution in [-0.2, 0) is 40.6 Å². The summed E-state index contributed by atoms with van der Waals surface area (Å²) in [4.78, 5) is 12.2. The molecule has 26 heavy (non-hydrogen) atoms. The fourth-order valence-corrected chi connectivity index (χ4v) is 4.64. The minimum atomic E-state index is -3.38. The number of hydrogen-bond acceptors (Lipinski definition) is 4. The second kappa shape index (κ2) is 9.30. The smallest absolute Gasteiger partial charge is 0.308 e. The van der Waals surface area contributed by atoms with Gasteiger partial charge in [-0.1, -0.05) is 38.1 Å². The molecule has 0 saturated heterocycles. The number of aryl methyl sites for hydroxylation is 1. The van der Waals surface area contributed by atoms with E-state index >= 15 is 0 Å².